The largest absolute Gasteiger partial charge is 0.484 e. The number of benzene rings is 2. The van der Waals surface area contributed by atoms with Crippen LogP contribution in [-0.4, -0.2) is 28.3 Å². The van der Waals surface area contributed by atoms with Crippen molar-refractivity contribution in [2.45, 2.75) is 6.92 Å². The molecule has 4 rings (SSSR count). The maximum atomic E-state index is 12.5. The average molecular weight is 478 g/mol. The van der Waals surface area contributed by atoms with Gasteiger partial charge in [-0.25, -0.2) is 4.98 Å². The summed E-state index contributed by atoms with van der Waals surface area (Å²) in [5, 5.41) is 17.0. The predicted molar refractivity (Wildman–Crippen MR) is 126 cm³/mol. The summed E-state index contributed by atoms with van der Waals surface area (Å²) in [7, 11) is 0. The van der Waals surface area contributed by atoms with Crippen molar-refractivity contribution in [3.05, 3.63) is 88.4 Å². The van der Waals surface area contributed by atoms with Gasteiger partial charge in [0.15, 0.2) is 17.5 Å². The number of hydrogen-bond donors (Lipinski definition) is 2. The van der Waals surface area contributed by atoms with E-state index < -0.39 is 16.7 Å². The molecule has 11 heteroatoms. The lowest BCUT2D eigenvalue weighted by atomic mass is 10.1. The Morgan fingerprint density at radius 3 is 2.62 bits per heavy atom. The Bertz CT molecular complexity index is 1330. The molecule has 172 valence electrons. The normalized spacial score (nSPS) is 10.5. The van der Waals surface area contributed by atoms with E-state index in [2.05, 4.69) is 15.6 Å². The molecule has 0 aliphatic rings. The number of aryl methyl sites for hydroxylation is 1. The van der Waals surface area contributed by atoms with Gasteiger partial charge in [-0.15, -0.1) is 0 Å². The van der Waals surface area contributed by atoms with E-state index in [-0.39, 0.29) is 28.9 Å². The number of nitrogens with one attached hydrogen (secondary N) is 2. The lowest BCUT2D eigenvalue weighted by Gasteiger charge is -2.05. The number of non-ortho nitro benzene ring substituents is 1. The van der Waals surface area contributed by atoms with E-state index in [4.69, 9.17) is 9.15 Å². The summed E-state index contributed by atoms with van der Waals surface area (Å²) in [5.41, 5.74) is 2.16. The summed E-state index contributed by atoms with van der Waals surface area (Å²) >= 11 is 1.08. The molecule has 2 aromatic carbocycles. The Morgan fingerprint density at radius 1 is 1.12 bits per heavy atom. The second-order valence-corrected chi connectivity index (χ2v) is 8.08. The van der Waals surface area contributed by atoms with E-state index in [1.807, 2.05) is 31.2 Å². The van der Waals surface area contributed by atoms with E-state index in [0.29, 0.717) is 10.7 Å². The molecule has 10 nitrogen and oxygen atoms in total. The highest BCUT2D eigenvalue weighted by molar-refractivity contribution is 7.20. The molecule has 2 heterocycles. The van der Waals surface area contributed by atoms with Gasteiger partial charge in [-0.1, -0.05) is 47.2 Å². The molecule has 2 aromatic heterocycles. The van der Waals surface area contributed by atoms with Gasteiger partial charge in [0.05, 0.1) is 17.3 Å². The first kappa shape index (κ1) is 22.7. The van der Waals surface area contributed by atoms with Crippen LogP contribution in [0, 0.1) is 17.0 Å². The molecule has 0 radical (unpaired) electrons. The lowest BCUT2D eigenvalue weighted by Crippen LogP contribution is -2.20. The van der Waals surface area contributed by atoms with E-state index >= 15 is 0 Å². The number of nitro benzene ring substituents is 1. The molecular formula is C23H18N4O6S. The molecule has 2 N–H and O–H groups in total. The van der Waals surface area contributed by atoms with Crippen LogP contribution in [-0.2, 0) is 4.79 Å². The maximum Gasteiger partial charge on any atom is 0.292 e. The van der Waals surface area contributed by atoms with Gasteiger partial charge in [0.2, 0.25) is 0 Å². The monoisotopic (exact) mass is 478 g/mol. The minimum atomic E-state index is -0.548. The number of ether oxygens (including phenoxy) is 1. The van der Waals surface area contributed by atoms with Crippen LogP contribution < -0.4 is 15.4 Å². The Hall–Kier alpha value is -4.51. The number of carbonyl (C=O) groups excluding carboxylic acids is 2. The Morgan fingerprint density at radius 2 is 1.91 bits per heavy atom. The third-order valence-electron chi connectivity index (χ3n) is 4.57. The van der Waals surface area contributed by atoms with Gasteiger partial charge in [-0.3, -0.25) is 25.0 Å². The van der Waals surface area contributed by atoms with Gasteiger partial charge in [0.25, 0.3) is 17.5 Å². The van der Waals surface area contributed by atoms with Crippen LogP contribution in [0.5, 0.6) is 5.75 Å². The zero-order valence-electron chi connectivity index (χ0n) is 17.8. The number of nitro groups is 1. The van der Waals surface area contributed by atoms with Gasteiger partial charge in [0.1, 0.15) is 16.4 Å². The maximum absolute atomic E-state index is 12.5. The summed E-state index contributed by atoms with van der Waals surface area (Å²) in [6.45, 7) is 1.58. The van der Waals surface area contributed by atoms with E-state index in [1.54, 1.807) is 6.07 Å². The van der Waals surface area contributed by atoms with Gasteiger partial charge in [-0.05, 0) is 25.1 Å². The molecule has 2 amide bonds. The van der Waals surface area contributed by atoms with Crippen molar-refractivity contribution in [3.8, 4) is 17.0 Å². The smallest absolute Gasteiger partial charge is 0.292 e. The topological polar surface area (TPSA) is 137 Å². The molecule has 0 atom stereocenters. The second kappa shape index (κ2) is 9.96. The lowest BCUT2D eigenvalue weighted by molar-refractivity contribution is -0.384. The minimum absolute atomic E-state index is 0.138. The van der Waals surface area contributed by atoms with Gasteiger partial charge in [0, 0.05) is 11.6 Å². The molecule has 0 saturated carbocycles. The van der Waals surface area contributed by atoms with Crippen molar-refractivity contribution in [1.82, 2.24) is 4.98 Å². The van der Waals surface area contributed by atoms with E-state index in [9.17, 15) is 19.7 Å². The Labute approximate surface area is 197 Å². The number of furan rings is 1. The number of aromatic nitrogens is 1. The zero-order valence-corrected chi connectivity index (χ0v) is 18.6. The van der Waals surface area contributed by atoms with Crippen molar-refractivity contribution in [2.75, 3.05) is 17.2 Å². The third kappa shape index (κ3) is 5.45. The second-order valence-electron chi connectivity index (χ2n) is 7.09. The summed E-state index contributed by atoms with van der Waals surface area (Å²) in [6, 6.07) is 16.2. The minimum Gasteiger partial charge on any atom is -0.484 e. The first-order chi connectivity index (χ1) is 16.4. The number of hydrogen-bond acceptors (Lipinski definition) is 8. The van der Waals surface area contributed by atoms with Crippen LogP contribution in [0.1, 0.15) is 16.1 Å². The fourth-order valence-corrected chi connectivity index (χ4v) is 3.83. The number of rotatable bonds is 8. The van der Waals surface area contributed by atoms with Crippen molar-refractivity contribution in [3.63, 3.8) is 0 Å². The van der Waals surface area contributed by atoms with Crippen LogP contribution in [0.25, 0.3) is 11.3 Å². The van der Waals surface area contributed by atoms with Crippen molar-refractivity contribution in [2.24, 2.45) is 0 Å². The molecule has 34 heavy (non-hydrogen) atoms. The molecule has 0 bridgehead atoms. The zero-order chi connectivity index (χ0) is 24.1. The summed E-state index contributed by atoms with van der Waals surface area (Å²) in [4.78, 5) is 39.7. The summed E-state index contributed by atoms with van der Waals surface area (Å²) in [5.74, 6) is -0.636. The Kier molecular flexibility index (Phi) is 6.64. The summed E-state index contributed by atoms with van der Waals surface area (Å²) in [6.07, 6.45) is 1.40. The highest BCUT2D eigenvalue weighted by Crippen LogP contribution is 2.36. The predicted octanol–water partition coefficient (Wildman–Crippen LogP) is 4.89. The number of anilines is 2. The van der Waals surface area contributed by atoms with Crippen LogP contribution in [0.3, 0.4) is 0 Å². The van der Waals surface area contributed by atoms with Gasteiger partial charge in [-0.2, -0.15) is 0 Å². The van der Waals surface area contributed by atoms with Gasteiger partial charge < -0.3 is 14.5 Å². The van der Waals surface area contributed by atoms with Gasteiger partial charge >= 0.3 is 0 Å². The molecule has 0 aliphatic carbocycles. The number of carbonyl (C=O) groups is 2. The molecule has 4 aromatic rings. The van der Waals surface area contributed by atoms with Crippen LogP contribution in [0.4, 0.5) is 15.8 Å². The van der Waals surface area contributed by atoms with E-state index in [1.165, 1.54) is 36.6 Å². The first-order valence-corrected chi connectivity index (χ1v) is 10.8. The molecule has 0 spiro atoms. The number of nitrogens with zero attached hydrogens (tertiary/aromatic N) is 2. The Balaban J connectivity index is 1.50. The molecule has 0 unspecified atom stereocenters. The fourth-order valence-electron chi connectivity index (χ4n) is 2.93. The first-order valence-electron chi connectivity index (χ1n) is 9.99. The van der Waals surface area contributed by atoms with Crippen molar-refractivity contribution < 1.29 is 23.7 Å². The van der Waals surface area contributed by atoms with E-state index in [0.717, 1.165) is 22.5 Å². The standard InChI is InChI=1S/C23H18N4O6S/c1-14-7-9-15(10-8-14)20-22(26-21(29)18-6-3-11-32-18)34-23(25-20)24-19(28)13-33-17-5-2-4-16(12-17)27(30)31/h2-12H,13H2,1H3,(H,26,29)(H,24,25,28). The molecule has 0 aliphatic heterocycles. The third-order valence-corrected chi connectivity index (χ3v) is 5.46. The highest BCUT2D eigenvalue weighted by atomic mass is 32.1. The van der Waals surface area contributed by atoms with Crippen LogP contribution in [0.2, 0.25) is 0 Å². The average Bonchev–Trinajstić information content (AvgIpc) is 3.49. The van der Waals surface area contributed by atoms with Crippen molar-refractivity contribution in [1.29, 1.82) is 0 Å². The molecular weight excluding hydrogens is 460 g/mol. The fraction of sp³-hybridized carbons (Fsp3) is 0.0870. The number of thiazole rings is 1. The molecule has 0 fully saturated rings. The van der Waals surface area contributed by atoms with Crippen LogP contribution >= 0.6 is 11.3 Å². The summed E-state index contributed by atoms with van der Waals surface area (Å²) < 4.78 is 10.5. The highest BCUT2D eigenvalue weighted by Gasteiger charge is 2.19. The molecule has 0 saturated heterocycles. The van der Waals surface area contributed by atoms with Crippen molar-refractivity contribution >= 4 is 39.0 Å². The SMILES string of the molecule is Cc1ccc(-c2nc(NC(=O)COc3cccc([N+](=O)[O-])c3)sc2NC(=O)c2ccco2)cc1. The quantitative estimate of drug-likeness (QED) is 0.272. The van der Waals surface area contributed by atoms with Crippen LogP contribution in [0.15, 0.2) is 71.3 Å². The number of amides is 2.